The van der Waals surface area contributed by atoms with Crippen LogP contribution in [-0.4, -0.2) is 12.2 Å². The van der Waals surface area contributed by atoms with E-state index in [1.54, 1.807) is 25.3 Å². The standard InChI is InChI=1S/C15H17NO3/c1-18-15-8-11(10-17)6-7-14(15)19-13-5-3-2-4-12(13)9-16/h2-8,17H,9-10,16H2,1H3. The predicted molar refractivity (Wildman–Crippen MR) is 73.3 cm³/mol. The molecule has 19 heavy (non-hydrogen) atoms. The summed E-state index contributed by atoms with van der Waals surface area (Å²) < 4.78 is 11.1. The van der Waals surface area contributed by atoms with E-state index < -0.39 is 0 Å². The van der Waals surface area contributed by atoms with Crippen molar-refractivity contribution >= 4 is 0 Å². The first-order chi connectivity index (χ1) is 9.28. The highest BCUT2D eigenvalue weighted by Crippen LogP contribution is 2.33. The Morgan fingerprint density at radius 3 is 2.53 bits per heavy atom. The predicted octanol–water partition coefficient (Wildman–Crippen LogP) is 2.44. The van der Waals surface area contributed by atoms with Crippen LogP contribution in [0.1, 0.15) is 11.1 Å². The van der Waals surface area contributed by atoms with Crippen molar-refractivity contribution in [1.82, 2.24) is 0 Å². The molecule has 100 valence electrons. The average Bonchev–Trinajstić information content (AvgIpc) is 2.48. The third kappa shape index (κ3) is 3.05. The van der Waals surface area contributed by atoms with Crippen LogP contribution in [0.4, 0.5) is 0 Å². The van der Waals surface area contributed by atoms with E-state index in [0.717, 1.165) is 11.1 Å². The number of aliphatic hydroxyl groups excluding tert-OH is 1. The molecule has 0 saturated heterocycles. The summed E-state index contributed by atoms with van der Waals surface area (Å²) >= 11 is 0. The van der Waals surface area contributed by atoms with Crippen molar-refractivity contribution in [1.29, 1.82) is 0 Å². The van der Waals surface area contributed by atoms with Crippen molar-refractivity contribution in [3.8, 4) is 17.2 Å². The van der Waals surface area contributed by atoms with Gasteiger partial charge >= 0.3 is 0 Å². The monoisotopic (exact) mass is 259 g/mol. The van der Waals surface area contributed by atoms with E-state index in [1.807, 2.05) is 24.3 Å². The smallest absolute Gasteiger partial charge is 0.169 e. The molecule has 2 aromatic carbocycles. The van der Waals surface area contributed by atoms with Crippen molar-refractivity contribution in [2.45, 2.75) is 13.2 Å². The fraction of sp³-hybridized carbons (Fsp3) is 0.200. The van der Waals surface area contributed by atoms with Gasteiger partial charge in [-0.2, -0.15) is 0 Å². The lowest BCUT2D eigenvalue weighted by Crippen LogP contribution is -2.00. The van der Waals surface area contributed by atoms with E-state index in [2.05, 4.69) is 0 Å². The summed E-state index contributed by atoms with van der Waals surface area (Å²) in [6.07, 6.45) is 0. The molecule has 0 aromatic heterocycles. The fourth-order valence-corrected chi connectivity index (χ4v) is 1.79. The summed E-state index contributed by atoms with van der Waals surface area (Å²) in [6, 6.07) is 12.9. The van der Waals surface area contributed by atoms with Crippen LogP contribution in [0.5, 0.6) is 17.2 Å². The second-order valence-corrected chi connectivity index (χ2v) is 4.06. The molecular formula is C15H17NO3. The molecule has 0 fully saturated rings. The van der Waals surface area contributed by atoms with E-state index >= 15 is 0 Å². The van der Waals surface area contributed by atoms with Crippen LogP contribution in [-0.2, 0) is 13.2 Å². The second-order valence-electron chi connectivity index (χ2n) is 4.06. The lowest BCUT2D eigenvalue weighted by Gasteiger charge is -2.13. The molecule has 2 rings (SSSR count). The quantitative estimate of drug-likeness (QED) is 0.865. The van der Waals surface area contributed by atoms with Gasteiger partial charge in [-0.25, -0.2) is 0 Å². The minimum atomic E-state index is -0.0317. The molecule has 3 N–H and O–H groups in total. The van der Waals surface area contributed by atoms with Gasteiger partial charge in [-0.1, -0.05) is 24.3 Å². The molecule has 4 heteroatoms. The van der Waals surface area contributed by atoms with Crippen LogP contribution in [0.15, 0.2) is 42.5 Å². The molecule has 0 aliphatic carbocycles. The third-order valence-electron chi connectivity index (χ3n) is 2.82. The molecule has 0 aliphatic heterocycles. The van der Waals surface area contributed by atoms with Crippen LogP contribution in [0.25, 0.3) is 0 Å². The van der Waals surface area contributed by atoms with Crippen LogP contribution in [0.2, 0.25) is 0 Å². The Labute approximate surface area is 112 Å². The first-order valence-corrected chi connectivity index (χ1v) is 6.02. The summed E-state index contributed by atoms with van der Waals surface area (Å²) in [7, 11) is 1.57. The number of nitrogens with two attached hydrogens (primary N) is 1. The fourth-order valence-electron chi connectivity index (χ4n) is 1.79. The molecule has 0 bridgehead atoms. The number of ether oxygens (including phenoxy) is 2. The zero-order valence-electron chi connectivity index (χ0n) is 10.8. The molecule has 0 saturated carbocycles. The van der Waals surface area contributed by atoms with Crippen LogP contribution in [0, 0.1) is 0 Å². The highest BCUT2D eigenvalue weighted by atomic mass is 16.5. The molecular weight excluding hydrogens is 242 g/mol. The van der Waals surface area contributed by atoms with Crippen molar-refractivity contribution in [2.75, 3.05) is 7.11 Å². The number of rotatable bonds is 5. The number of para-hydroxylation sites is 1. The van der Waals surface area contributed by atoms with Crippen molar-refractivity contribution in [3.05, 3.63) is 53.6 Å². The Bertz CT molecular complexity index is 555. The first kappa shape index (κ1) is 13.4. The first-order valence-electron chi connectivity index (χ1n) is 6.02. The molecule has 0 aliphatic rings. The average molecular weight is 259 g/mol. The number of hydrogen-bond acceptors (Lipinski definition) is 4. The number of methoxy groups -OCH3 is 1. The minimum absolute atomic E-state index is 0.0317. The summed E-state index contributed by atoms with van der Waals surface area (Å²) in [4.78, 5) is 0. The maximum absolute atomic E-state index is 9.11. The number of benzene rings is 2. The van der Waals surface area contributed by atoms with Gasteiger partial charge in [-0.05, 0) is 23.8 Å². The number of hydrogen-bond donors (Lipinski definition) is 2. The van der Waals surface area contributed by atoms with Gasteiger partial charge in [-0.15, -0.1) is 0 Å². The zero-order valence-corrected chi connectivity index (χ0v) is 10.8. The van der Waals surface area contributed by atoms with Gasteiger partial charge in [0, 0.05) is 12.1 Å². The van der Waals surface area contributed by atoms with Crippen molar-refractivity contribution in [2.24, 2.45) is 5.73 Å². The van der Waals surface area contributed by atoms with Crippen molar-refractivity contribution < 1.29 is 14.6 Å². The summed E-state index contributed by atoms with van der Waals surface area (Å²) in [6.45, 7) is 0.378. The topological polar surface area (TPSA) is 64.7 Å². The van der Waals surface area contributed by atoms with Gasteiger partial charge in [0.15, 0.2) is 11.5 Å². The number of aliphatic hydroxyl groups is 1. The Morgan fingerprint density at radius 1 is 1.05 bits per heavy atom. The SMILES string of the molecule is COc1cc(CO)ccc1Oc1ccccc1CN. The van der Waals surface area contributed by atoms with E-state index in [4.69, 9.17) is 20.3 Å². The van der Waals surface area contributed by atoms with Crippen molar-refractivity contribution in [3.63, 3.8) is 0 Å². The van der Waals surface area contributed by atoms with Gasteiger partial charge in [0.05, 0.1) is 13.7 Å². The third-order valence-corrected chi connectivity index (χ3v) is 2.82. The Hall–Kier alpha value is -2.04. The van der Waals surface area contributed by atoms with Gasteiger partial charge in [0.2, 0.25) is 0 Å². The highest BCUT2D eigenvalue weighted by Gasteiger charge is 2.09. The zero-order chi connectivity index (χ0) is 13.7. The van der Waals surface area contributed by atoms with Gasteiger partial charge in [-0.3, -0.25) is 0 Å². The molecule has 0 radical (unpaired) electrons. The molecule has 0 atom stereocenters. The Balaban J connectivity index is 2.32. The van der Waals surface area contributed by atoms with E-state index in [0.29, 0.717) is 23.8 Å². The molecule has 2 aromatic rings. The largest absolute Gasteiger partial charge is 0.493 e. The van der Waals surface area contributed by atoms with E-state index in [1.165, 1.54) is 0 Å². The normalized spacial score (nSPS) is 10.3. The Morgan fingerprint density at radius 2 is 1.84 bits per heavy atom. The van der Waals surface area contributed by atoms with E-state index in [9.17, 15) is 0 Å². The van der Waals surface area contributed by atoms with Gasteiger partial charge in [0.1, 0.15) is 5.75 Å². The summed E-state index contributed by atoms with van der Waals surface area (Å²) in [5.74, 6) is 1.89. The maximum atomic E-state index is 9.11. The van der Waals surface area contributed by atoms with Crippen LogP contribution < -0.4 is 15.2 Å². The molecule has 0 amide bonds. The Kier molecular flexibility index (Phi) is 4.39. The highest BCUT2D eigenvalue weighted by molar-refractivity contribution is 5.46. The molecule has 0 spiro atoms. The molecule has 0 unspecified atom stereocenters. The lowest BCUT2D eigenvalue weighted by atomic mass is 10.2. The lowest BCUT2D eigenvalue weighted by molar-refractivity contribution is 0.280. The summed E-state index contributed by atoms with van der Waals surface area (Å²) in [5.41, 5.74) is 7.38. The minimum Gasteiger partial charge on any atom is -0.493 e. The van der Waals surface area contributed by atoms with Crippen LogP contribution >= 0.6 is 0 Å². The van der Waals surface area contributed by atoms with E-state index in [-0.39, 0.29) is 6.61 Å². The second kappa shape index (κ2) is 6.22. The summed E-state index contributed by atoms with van der Waals surface area (Å²) in [5, 5.41) is 9.11. The maximum Gasteiger partial charge on any atom is 0.169 e. The van der Waals surface area contributed by atoms with Gasteiger partial charge in [0.25, 0.3) is 0 Å². The molecule has 4 nitrogen and oxygen atoms in total. The van der Waals surface area contributed by atoms with Gasteiger partial charge < -0.3 is 20.3 Å². The van der Waals surface area contributed by atoms with Crippen LogP contribution in [0.3, 0.4) is 0 Å². The molecule has 0 heterocycles.